The molecule has 0 aliphatic carbocycles. The van der Waals surface area contributed by atoms with Crippen LogP contribution in [-0.4, -0.2) is 49.4 Å². The number of rotatable bonds is 15. The fraction of sp³-hybridized carbons (Fsp3) is 0.433. The molecule has 8 nitrogen and oxygen atoms in total. The number of ketones is 1. The number of methoxy groups -OCH3 is 2. The number of ether oxygens (including phenoxy) is 2. The van der Waals surface area contributed by atoms with Gasteiger partial charge in [-0.25, -0.2) is 0 Å². The lowest BCUT2D eigenvalue weighted by Gasteiger charge is -2.19. The van der Waals surface area contributed by atoms with Gasteiger partial charge in [0.05, 0.1) is 20.6 Å². The molecule has 0 aliphatic heterocycles. The van der Waals surface area contributed by atoms with Gasteiger partial charge in [0.2, 0.25) is 11.8 Å². The SMILES string of the molecule is COc1cccc(CCNC(=O)[C@H](CCCCCC(C)=O)NC(=O)Cc2c(C)[nH]c3ccc(OC)cc23)c1. The summed E-state index contributed by atoms with van der Waals surface area (Å²) >= 11 is 0. The van der Waals surface area contributed by atoms with Gasteiger partial charge in [0.25, 0.3) is 0 Å². The molecule has 2 aromatic carbocycles. The normalized spacial score (nSPS) is 11.7. The summed E-state index contributed by atoms with van der Waals surface area (Å²) in [6.45, 7) is 3.97. The summed E-state index contributed by atoms with van der Waals surface area (Å²) in [6, 6.07) is 12.8. The van der Waals surface area contributed by atoms with E-state index < -0.39 is 6.04 Å². The third-order valence-electron chi connectivity index (χ3n) is 6.68. The zero-order chi connectivity index (χ0) is 27.5. The fourth-order valence-electron chi connectivity index (χ4n) is 4.57. The molecule has 0 aliphatic rings. The fourth-order valence-corrected chi connectivity index (χ4v) is 4.57. The standard InChI is InChI=1S/C30H39N3O5/c1-20(34)9-6-5-7-12-28(30(36)31-16-15-22-10-8-11-23(17-22)37-3)33-29(35)19-25-21(2)32-27-14-13-24(38-4)18-26(25)27/h8,10-11,13-14,17-18,28,32H,5-7,9,12,15-16,19H2,1-4H3,(H,31,36)(H,33,35)/t28-/m0/s1. The molecule has 3 rings (SSSR count). The second kappa shape index (κ2) is 14.2. The van der Waals surface area contributed by atoms with Crippen LogP contribution in [0.4, 0.5) is 0 Å². The summed E-state index contributed by atoms with van der Waals surface area (Å²) in [5, 5.41) is 6.87. The van der Waals surface area contributed by atoms with E-state index in [1.165, 1.54) is 0 Å². The van der Waals surface area contributed by atoms with E-state index in [0.29, 0.717) is 25.8 Å². The van der Waals surface area contributed by atoms with E-state index in [0.717, 1.165) is 58.5 Å². The van der Waals surface area contributed by atoms with Crippen molar-refractivity contribution >= 4 is 28.5 Å². The highest BCUT2D eigenvalue weighted by molar-refractivity contribution is 5.93. The van der Waals surface area contributed by atoms with Crippen molar-refractivity contribution < 1.29 is 23.9 Å². The summed E-state index contributed by atoms with van der Waals surface area (Å²) in [4.78, 5) is 40.8. The molecule has 0 fully saturated rings. The maximum absolute atomic E-state index is 13.1. The number of hydrogen-bond acceptors (Lipinski definition) is 5. The van der Waals surface area contributed by atoms with Gasteiger partial charge in [-0.1, -0.05) is 25.0 Å². The van der Waals surface area contributed by atoms with E-state index >= 15 is 0 Å². The van der Waals surface area contributed by atoms with Gasteiger partial charge in [-0.15, -0.1) is 0 Å². The minimum atomic E-state index is -0.648. The average molecular weight is 522 g/mol. The van der Waals surface area contributed by atoms with E-state index in [9.17, 15) is 14.4 Å². The topological polar surface area (TPSA) is 110 Å². The molecule has 2 amide bonds. The van der Waals surface area contributed by atoms with Gasteiger partial charge in [-0.3, -0.25) is 9.59 Å². The number of aryl methyl sites for hydroxylation is 1. The van der Waals surface area contributed by atoms with E-state index in [2.05, 4.69) is 15.6 Å². The molecule has 8 heteroatoms. The van der Waals surface area contributed by atoms with Crippen LogP contribution in [0.2, 0.25) is 0 Å². The number of unbranched alkanes of at least 4 members (excludes halogenated alkanes) is 2. The molecule has 1 aromatic heterocycles. The lowest BCUT2D eigenvalue weighted by Crippen LogP contribution is -2.47. The Morgan fingerprint density at radius 3 is 2.47 bits per heavy atom. The third-order valence-corrected chi connectivity index (χ3v) is 6.68. The van der Waals surface area contributed by atoms with E-state index in [1.54, 1.807) is 21.1 Å². The molecular weight excluding hydrogens is 482 g/mol. The van der Waals surface area contributed by atoms with Crippen molar-refractivity contribution in [3.63, 3.8) is 0 Å². The highest BCUT2D eigenvalue weighted by Gasteiger charge is 2.22. The number of carbonyl (C=O) groups is 3. The van der Waals surface area contributed by atoms with Crippen LogP contribution in [0.1, 0.15) is 55.8 Å². The molecule has 204 valence electrons. The molecule has 0 spiro atoms. The molecule has 0 bridgehead atoms. The number of amides is 2. The molecule has 38 heavy (non-hydrogen) atoms. The van der Waals surface area contributed by atoms with Crippen molar-refractivity contribution in [3.05, 3.63) is 59.3 Å². The Morgan fingerprint density at radius 2 is 1.74 bits per heavy atom. The van der Waals surface area contributed by atoms with Gasteiger partial charge >= 0.3 is 0 Å². The molecule has 1 heterocycles. The van der Waals surface area contributed by atoms with Crippen molar-refractivity contribution in [2.24, 2.45) is 0 Å². The van der Waals surface area contributed by atoms with Gasteiger partial charge in [-0.2, -0.15) is 0 Å². The Hall–Kier alpha value is -3.81. The smallest absolute Gasteiger partial charge is 0.242 e. The molecule has 0 saturated heterocycles. The van der Waals surface area contributed by atoms with Crippen molar-refractivity contribution in [2.75, 3.05) is 20.8 Å². The summed E-state index contributed by atoms with van der Waals surface area (Å²) in [5.41, 5.74) is 3.78. The van der Waals surface area contributed by atoms with E-state index in [-0.39, 0.29) is 24.0 Å². The molecular formula is C30H39N3O5. The quantitative estimate of drug-likeness (QED) is 0.257. The number of aromatic amines is 1. The zero-order valence-corrected chi connectivity index (χ0v) is 22.8. The summed E-state index contributed by atoms with van der Waals surface area (Å²) in [5.74, 6) is 1.24. The molecule has 0 radical (unpaired) electrons. The first-order chi connectivity index (χ1) is 18.3. The number of hydrogen-bond donors (Lipinski definition) is 3. The summed E-state index contributed by atoms with van der Waals surface area (Å²) < 4.78 is 10.6. The van der Waals surface area contributed by atoms with Crippen LogP contribution in [0.3, 0.4) is 0 Å². The number of benzene rings is 2. The Balaban J connectivity index is 1.63. The van der Waals surface area contributed by atoms with Crippen LogP contribution < -0.4 is 20.1 Å². The lowest BCUT2D eigenvalue weighted by molar-refractivity contribution is -0.128. The Labute approximate surface area is 224 Å². The molecule has 0 unspecified atom stereocenters. The number of fused-ring (bicyclic) bond motifs is 1. The maximum Gasteiger partial charge on any atom is 0.242 e. The summed E-state index contributed by atoms with van der Waals surface area (Å²) in [6.07, 6.45) is 4.19. The van der Waals surface area contributed by atoms with Crippen LogP contribution in [0.25, 0.3) is 10.9 Å². The summed E-state index contributed by atoms with van der Waals surface area (Å²) in [7, 11) is 3.24. The number of aromatic nitrogens is 1. The Kier molecular flexibility index (Phi) is 10.8. The van der Waals surface area contributed by atoms with Crippen molar-refractivity contribution in [2.45, 2.75) is 64.8 Å². The molecule has 3 N–H and O–H groups in total. The number of H-pyrrole nitrogens is 1. The van der Waals surface area contributed by atoms with Crippen molar-refractivity contribution in [3.8, 4) is 11.5 Å². The zero-order valence-electron chi connectivity index (χ0n) is 22.8. The van der Waals surface area contributed by atoms with Crippen LogP contribution in [0.5, 0.6) is 11.5 Å². The second-order valence-corrected chi connectivity index (χ2v) is 9.63. The minimum absolute atomic E-state index is 0.150. The van der Waals surface area contributed by atoms with Gasteiger partial charge in [0.1, 0.15) is 23.3 Å². The molecule has 1 atom stereocenters. The largest absolute Gasteiger partial charge is 0.497 e. The van der Waals surface area contributed by atoms with Gasteiger partial charge < -0.3 is 29.9 Å². The van der Waals surface area contributed by atoms with Crippen LogP contribution in [0, 0.1) is 6.92 Å². The lowest BCUT2D eigenvalue weighted by atomic mass is 10.0. The van der Waals surface area contributed by atoms with Crippen LogP contribution in [0.15, 0.2) is 42.5 Å². The minimum Gasteiger partial charge on any atom is -0.497 e. The number of Topliss-reactive ketones (excluding diaryl/α,β-unsaturated/α-hetero) is 1. The third kappa shape index (κ3) is 8.36. The van der Waals surface area contributed by atoms with Crippen molar-refractivity contribution in [1.82, 2.24) is 15.6 Å². The first-order valence-corrected chi connectivity index (χ1v) is 13.1. The Morgan fingerprint density at radius 1 is 0.974 bits per heavy atom. The molecule has 3 aromatic rings. The predicted octanol–water partition coefficient (Wildman–Crippen LogP) is 4.42. The highest BCUT2D eigenvalue weighted by Crippen LogP contribution is 2.27. The van der Waals surface area contributed by atoms with Gasteiger partial charge in [0.15, 0.2) is 0 Å². The monoisotopic (exact) mass is 521 g/mol. The van der Waals surface area contributed by atoms with Gasteiger partial charge in [-0.05, 0) is 74.6 Å². The van der Waals surface area contributed by atoms with E-state index in [4.69, 9.17) is 9.47 Å². The van der Waals surface area contributed by atoms with Gasteiger partial charge in [0, 0.05) is 29.6 Å². The van der Waals surface area contributed by atoms with E-state index in [1.807, 2.05) is 49.4 Å². The molecule has 0 saturated carbocycles. The van der Waals surface area contributed by atoms with Crippen LogP contribution >= 0.6 is 0 Å². The highest BCUT2D eigenvalue weighted by atomic mass is 16.5. The average Bonchev–Trinajstić information content (AvgIpc) is 3.21. The van der Waals surface area contributed by atoms with Crippen LogP contribution in [-0.2, 0) is 27.2 Å². The second-order valence-electron chi connectivity index (χ2n) is 9.63. The number of carbonyl (C=O) groups excluding carboxylic acids is 3. The first-order valence-electron chi connectivity index (χ1n) is 13.1. The predicted molar refractivity (Wildman–Crippen MR) is 149 cm³/mol. The maximum atomic E-state index is 13.1. The number of nitrogens with one attached hydrogen (secondary N) is 3. The first kappa shape index (κ1) is 28.8. The van der Waals surface area contributed by atoms with Crippen molar-refractivity contribution in [1.29, 1.82) is 0 Å². The Bertz CT molecular complexity index is 1250.